The monoisotopic (exact) mass is 574 g/mol. The Hall–Kier alpha value is -4.35. The zero-order valence-electron chi connectivity index (χ0n) is 25.0. The number of aryl methyl sites for hydroxylation is 2. The Kier molecular flexibility index (Phi) is 6.94. The first-order valence-corrected chi connectivity index (χ1v) is 14.5. The first-order chi connectivity index (χ1) is 20.0. The van der Waals surface area contributed by atoms with E-state index < -0.39 is 5.60 Å². The van der Waals surface area contributed by atoms with Crippen LogP contribution >= 0.6 is 0 Å². The molecule has 0 unspecified atom stereocenters. The number of rotatable bonds is 6. The van der Waals surface area contributed by atoms with Crippen molar-refractivity contribution >= 4 is 34.7 Å². The van der Waals surface area contributed by atoms with Crippen LogP contribution in [0, 0.1) is 13.8 Å². The van der Waals surface area contributed by atoms with E-state index in [-0.39, 0.29) is 24.1 Å². The third kappa shape index (κ3) is 5.45. The van der Waals surface area contributed by atoms with Crippen molar-refractivity contribution < 1.29 is 19.1 Å². The molecular formula is C30H38N8O4. The van der Waals surface area contributed by atoms with Crippen LogP contribution in [-0.4, -0.2) is 79.0 Å². The predicted molar refractivity (Wildman–Crippen MR) is 158 cm³/mol. The molecule has 1 saturated carbocycles. The number of imidazole rings is 1. The molecule has 0 spiro atoms. The summed E-state index contributed by atoms with van der Waals surface area (Å²) >= 11 is 0. The number of pyridine rings is 1. The topological polar surface area (TPSA) is 119 Å². The molecule has 2 aliphatic rings. The van der Waals surface area contributed by atoms with Crippen LogP contribution in [0.2, 0.25) is 0 Å². The summed E-state index contributed by atoms with van der Waals surface area (Å²) in [4.78, 5) is 35.3. The summed E-state index contributed by atoms with van der Waals surface area (Å²) in [5, 5.41) is 12.0. The fraction of sp³-hybridized carbons (Fsp3) is 0.500. The van der Waals surface area contributed by atoms with Crippen LogP contribution in [0.4, 0.5) is 16.3 Å². The quantitative estimate of drug-likeness (QED) is 0.354. The number of nitrogens with zero attached hydrogens (tertiary/aromatic N) is 7. The van der Waals surface area contributed by atoms with Gasteiger partial charge in [0.05, 0.1) is 30.2 Å². The van der Waals surface area contributed by atoms with Gasteiger partial charge in [-0.05, 0) is 84.1 Å². The summed E-state index contributed by atoms with van der Waals surface area (Å²) in [6.45, 7) is 11.1. The molecule has 12 heteroatoms. The summed E-state index contributed by atoms with van der Waals surface area (Å²) in [5.41, 5.74) is 4.08. The van der Waals surface area contributed by atoms with Gasteiger partial charge in [0, 0.05) is 31.2 Å². The molecule has 0 radical (unpaired) electrons. The van der Waals surface area contributed by atoms with E-state index in [1.54, 1.807) is 28.3 Å². The van der Waals surface area contributed by atoms with Gasteiger partial charge in [-0.1, -0.05) is 0 Å². The summed E-state index contributed by atoms with van der Waals surface area (Å²) in [6.07, 6.45) is 5.33. The molecule has 0 aromatic carbocycles. The third-order valence-electron chi connectivity index (χ3n) is 7.73. The lowest BCUT2D eigenvalue weighted by Crippen LogP contribution is -2.50. The molecule has 5 heterocycles. The van der Waals surface area contributed by atoms with Crippen LogP contribution in [0.3, 0.4) is 0 Å². The van der Waals surface area contributed by atoms with Crippen molar-refractivity contribution in [3.05, 3.63) is 47.4 Å². The number of amides is 2. The minimum Gasteiger partial charge on any atom is -0.480 e. The van der Waals surface area contributed by atoms with Gasteiger partial charge in [0.2, 0.25) is 5.88 Å². The van der Waals surface area contributed by atoms with E-state index in [2.05, 4.69) is 25.4 Å². The molecule has 1 aliphatic heterocycles. The fourth-order valence-corrected chi connectivity index (χ4v) is 5.71. The van der Waals surface area contributed by atoms with Gasteiger partial charge in [-0.25, -0.2) is 18.8 Å². The number of ether oxygens (including phenoxy) is 2. The number of carbonyl (C=O) groups excluding carboxylic acids is 2. The Morgan fingerprint density at radius 3 is 2.40 bits per heavy atom. The molecule has 222 valence electrons. The van der Waals surface area contributed by atoms with Crippen molar-refractivity contribution in [2.45, 2.75) is 78.0 Å². The Morgan fingerprint density at radius 2 is 1.74 bits per heavy atom. The zero-order chi connectivity index (χ0) is 29.8. The van der Waals surface area contributed by atoms with Gasteiger partial charge in [0.15, 0.2) is 11.5 Å². The first kappa shape index (κ1) is 27.8. The second-order valence-corrected chi connectivity index (χ2v) is 12.2. The normalized spacial score (nSPS) is 16.2. The van der Waals surface area contributed by atoms with Crippen LogP contribution in [0.15, 0.2) is 30.5 Å². The van der Waals surface area contributed by atoms with Gasteiger partial charge in [0.1, 0.15) is 11.3 Å². The van der Waals surface area contributed by atoms with Crippen molar-refractivity contribution in [1.82, 2.24) is 29.1 Å². The molecule has 1 saturated heterocycles. The van der Waals surface area contributed by atoms with Gasteiger partial charge in [0.25, 0.3) is 5.91 Å². The number of carbonyl (C=O) groups is 2. The van der Waals surface area contributed by atoms with Crippen molar-refractivity contribution in [3.8, 4) is 5.88 Å². The predicted octanol–water partition coefficient (Wildman–Crippen LogP) is 4.62. The van der Waals surface area contributed by atoms with E-state index in [4.69, 9.17) is 9.47 Å². The highest BCUT2D eigenvalue weighted by atomic mass is 16.6. The number of nitrogens with one attached hydrogen (secondary N) is 1. The van der Waals surface area contributed by atoms with Gasteiger partial charge in [-0.3, -0.25) is 4.79 Å². The second-order valence-electron chi connectivity index (χ2n) is 12.2. The average molecular weight is 575 g/mol. The number of methoxy groups -OCH3 is 1. The van der Waals surface area contributed by atoms with Gasteiger partial charge < -0.3 is 24.6 Å². The van der Waals surface area contributed by atoms with Crippen LogP contribution < -0.4 is 15.0 Å². The highest BCUT2D eigenvalue weighted by Crippen LogP contribution is 2.35. The maximum absolute atomic E-state index is 13.5. The van der Waals surface area contributed by atoms with E-state index >= 15 is 0 Å². The number of fused-ring (bicyclic) bond motifs is 2. The van der Waals surface area contributed by atoms with Gasteiger partial charge in [-0.2, -0.15) is 0 Å². The third-order valence-corrected chi connectivity index (χ3v) is 7.73. The summed E-state index contributed by atoms with van der Waals surface area (Å²) in [7, 11) is 1.56. The van der Waals surface area contributed by atoms with Crippen molar-refractivity contribution in [3.63, 3.8) is 0 Å². The van der Waals surface area contributed by atoms with Gasteiger partial charge >= 0.3 is 6.09 Å². The van der Waals surface area contributed by atoms with Crippen molar-refractivity contribution in [2.75, 3.05) is 30.4 Å². The van der Waals surface area contributed by atoms with E-state index in [9.17, 15) is 9.59 Å². The molecule has 0 bridgehead atoms. The minimum absolute atomic E-state index is 0.136. The minimum atomic E-state index is -0.522. The summed E-state index contributed by atoms with van der Waals surface area (Å²) in [5.74, 6) is 0.503. The molecule has 1 N–H and O–H groups in total. The van der Waals surface area contributed by atoms with Crippen LogP contribution in [0.25, 0.3) is 11.2 Å². The molecule has 42 heavy (non-hydrogen) atoms. The fourth-order valence-electron chi connectivity index (χ4n) is 5.71. The van der Waals surface area contributed by atoms with E-state index in [1.165, 1.54) is 0 Å². The highest BCUT2D eigenvalue weighted by Gasteiger charge is 2.41. The highest BCUT2D eigenvalue weighted by molar-refractivity contribution is 6.03. The second kappa shape index (κ2) is 10.5. The number of aromatic nitrogens is 5. The molecular weight excluding hydrogens is 536 g/mol. The SMILES string of the molecule is COc1cc2c(N3CCC(N(C(=O)OC(C)(C)C)C4CC4)CC3)ccc(C(=O)Nc3cc(C)c4nc(C)cn4n3)n2n1. The first-order valence-electron chi connectivity index (χ1n) is 14.5. The molecule has 4 aromatic heterocycles. The largest absolute Gasteiger partial charge is 0.480 e. The van der Waals surface area contributed by atoms with Crippen LogP contribution in [0.5, 0.6) is 5.88 Å². The Bertz CT molecular complexity index is 1660. The molecule has 2 amide bonds. The van der Waals surface area contributed by atoms with Crippen LogP contribution in [0.1, 0.15) is 68.2 Å². The lowest BCUT2D eigenvalue weighted by atomic mass is 10.0. The van der Waals surface area contributed by atoms with E-state index in [0.29, 0.717) is 17.4 Å². The van der Waals surface area contributed by atoms with Crippen molar-refractivity contribution in [1.29, 1.82) is 0 Å². The lowest BCUT2D eigenvalue weighted by molar-refractivity contribution is 0.0114. The number of anilines is 2. The Balaban J connectivity index is 1.22. The lowest BCUT2D eigenvalue weighted by Gasteiger charge is -2.40. The molecule has 0 atom stereocenters. The molecule has 1 aliphatic carbocycles. The molecule has 4 aromatic rings. The summed E-state index contributed by atoms with van der Waals surface area (Å²) < 4.78 is 14.5. The number of hydrogen-bond acceptors (Lipinski definition) is 8. The molecule has 6 rings (SSSR count). The molecule has 12 nitrogen and oxygen atoms in total. The Morgan fingerprint density at radius 1 is 1.02 bits per heavy atom. The summed E-state index contributed by atoms with van der Waals surface area (Å²) in [6, 6.07) is 7.80. The maximum atomic E-state index is 13.5. The number of hydrogen-bond donors (Lipinski definition) is 1. The smallest absolute Gasteiger partial charge is 0.410 e. The number of piperidine rings is 1. The van der Waals surface area contributed by atoms with E-state index in [0.717, 1.165) is 66.9 Å². The zero-order valence-corrected chi connectivity index (χ0v) is 25.0. The van der Waals surface area contributed by atoms with Gasteiger partial charge in [-0.15, -0.1) is 10.2 Å². The standard InChI is InChI=1S/C30H38N8O4/c1-18-15-25(33-36-17-19(2)31-27(18)36)32-28(39)23-10-9-22(24-16-26(41-6)34-38(23)24)35-13-11-21(12-14-35)37(20-7-8-20)29(40)42-30(3,4)5/h9-10,15-17,20-21H,7-8,11-14H2,1-6H3,(H,32,33,39). The average Bonchev–Trinajstić information content (AvgIpc) is 3.52. The van der Waals surface area contributed by atoms with Crippen molar-refractivity contribution in [2.24, 2.45) is 0 Å². The molecule has 2 fully saturated rings. The Labute approximate surface area is 244 Å². The maximum Gasteiger partial charge on any atom is 0.410 e. The van der Waals surface area contributed by atoms with E-state index in [1.807, 2.05) is 57.8 Å². The van der Waals surface area contributed by atoms with Crippen LogP contribution in [-0.2, 0) is 4.74 Å².